The molecular formula is C60H82N8O9S. The zero-order valence-electron chi connectivity index (χ0n) is 49.5. The van der Waals surface area contributed by atoms with Gasteiger partial charge in [-0.05, 0) is 132 Å². The lowest BCUT2D eigenvalue weighted by atomic mass is 9.76. The molecule has 2 amide bonds. The molecule has 0 radical (unpaired) electrons. The monoisotopic (exact) mass is 1090 g/mol. The van der Waals surface area contributed by atoms with E-state index in [1.165, 1.54) is 34.8 Å². The molecule has 422 valence electrons. The average Bonchev–Trinajstić information content (AvgIpc) is 4.21. The van der Waals surface area contributed by atoms with Crippen LogP contribution in [0.15, 0.2) is 35.8 Å². The molecule has 6 bridgehead atoms. The van der Waals surface area contributed by atoms with Crippen LogP contribution < -0.4 is 10.7 Å². The number of pyridine rings is 1. The van der Waals surface area contributed by atoms with Crippen molar-refractivity contribution < 1.29 is 46.9 Å². The van der Waals surface area contributed by atoms with E-state index >= 15 is 4.79 Å². The first-order valence-corrected chi connectivity index (χ1v) is 29.7. The van der Waals surface area contributed by atoms with Crippen LogP contribution in [0.1, 0.15) is 143 Å². The molecule has 12 rings (SSSR count). The smallest absolute Gasteiger partial charge is 0.324 e. The normalized spacial score (nSPS) is 29.2. The minimum Gasteiger partial charge on any atom is -0.464 e. The third kappa shape index (κ3) is 10.8. The highest BCUT2D eigenvalue weighted by molar-refractivity contribution is 7.10. The van der Waals surface area contributed by atoms with Crippen molar-refractivity contribution in [1.82, 2.24) is 40.1 Å². The molecule has 2 N–H and O–H groups in total. The van der Waals surface area contributed by atoms with Crippen molar-refractivity contribution in [1.29, 1.82) is 0 Å². The number of ether oxygens (including phenoxy) is 6. The summed E-state index contributed by atoms with van der Waals surface area (Å²) in [7, 11) is 1.74. The maximum absolute atomic E-state index is 15.4. The summed E-state index contributed by atoms with van der Waals surface area (Å²) >= 11 is 1.44. The molecule has 18 heteroatoms. The van der Waals surface area contributed by atoms with E-state index in [9.17, 15) is 9.59 Å². The molecular weight excluding hydrogens is 1010 g/mol. The SMILES string of the molecule is [2H]C([2H])([2H])[C@@H]1OC(C(=O)N[C@@H]2C(=O)N3CCC[C@H](N3)C(=O)OCC(C)(C)Cc3c(-c4cc(C5CCN(C6CC6)CC5)cnc4[C@H](C)OC)n(CCOC4CCOCC4)c4ccc(cc34)-c3csc(n3)[C@H]2N2CC3(COC3)C2)CC1(C)C. The molecule has 8 aliphatic rings. The highest BCUT2D eigenvalue weighted by Crippen LogP contribution is 2.47. The number of fused-ring (bicyclic) bond motifs is 6. The van der Waals surface area contributed by atoms with Gasteiger partial charge < -0.3 is 43.2 Å². The molecule has 1 aliphatic carbocycles. The first kappa shape index (κ1) is 50.6. The van der Waals surface area contributed by atoms with Gasteiger partial charge in [-0.1, -0.05) is 33.8 Å². The van der Waals surface area contributed by atoms with Gasteiger partial charge >= 0.3 is 5.97 Å². The number of nitrogens with zero attached hydrogens (tertiary/aromatic N) is 6. The predicted molar refractivity (Wildman–Crippen MR) is 297 cm³/mol. The fraction of sp³-hybridized carbons (Fsp3) is 0.683. The Labute approximate surface area is 467 Å². The van der Waals surface area contributed by atoms with Gasteiger partial charge in [0.25, 0.3) is 5.91 Å². The van der Waals surface area contributed by atoms with Crippen LogP contribution in [0.5, 0.6) is 0 Å². The van der Waals surface area contributed by atoms with Gasteiger partial charge in [-0.15, -0.1) is 11.3 Å². The Morgan fingerprint density at radius 1 is 0.987 bits per heavy atom. The summed E-state index contributed by atoms with van der Waals surface area (Å²) in [6, 6.07) is 6.89. The van der Waals surface area contributed by atoms with Gasteiger partial charge in [0, 0.05) is 101 Å². The fourth-order valence-corrected chi connectivity index (χ4v) is 14.3. The zero-order valence-corrected chi connectivity index (χ0v) is 47.3. The van der Waals surface area contributed by atoms with Crippen LogP contribution in [-0.2, 0) is 55.8 Å². The summed E-state index contributed by atoms with van der Waals surface area (Å²) in [6.07, 6.45) is 7.65. The lowest BCUT2D eigenvalue weighted by Gasteiger charge is -2.58. The number of nitrogens with one attached hydrogen (secondary N) is 2. The maximum Gasteiger partial charge on any atom is 0.324 e. The average molecular weight is 1090 g/mol. The van der Waals surface area contributed by atoms with Crippen LogP contribution in [0, 0.1) is 16.2 Å². The van der Waals surface area contributed by atoms with E-state index in [1.807, 2.05) is 5.38 Å². The number of rotatable bonds is 12. The second-order valence-corrected chi connectivity index (χ2v) is 26.3. The summed E-state index contributed by atoms with van der Waals surface area (Å²) in [5.74, 6) is -1.12. The number of cyclic esters (lactones) is 1. The number of likely N-dealkylation sites (tertiary alicyclic amines) is 2. The maximum atomic E-state index is 15.4. The Bertz CT molecular complexity index is 2970. The number of benzene rings is 1. The largest absolute Gasteiger partial charge is 0.464 e. The van der Waals surface area contributed by atoms with Crippen LogP contribution in [0.3, 0.4) is 0 Å². The number of methoxy groups -OCH3 is 1. The topological polar surface area (TPSA) is 171 Å². The number of carbonyl (C=O) groups excluding carboxylic acids is 3. The fourth-order valence-electron chi connectivity index (χ4n) is 13.3. The Morgan fingerprint density at radius 3 is 2.50 bits per heavy atom. The standard InChI is InChI=1S/C60H82N8O9S/c1-36(72-7)50-44(26-40(29-61-50)38-14-19-65(20-15-38)41-11-12-41)52-45-27-58(3,4)33-76-57(71)46-9-8-18-68(64-46)56(70)51(63-54(69)49-28-59(5,6)37(2)77-49)53(66-31-60(32-66)34-74-35-60)55-62-47(30-78-55)39-10-13-48(43(45)25-39)67(52)21-24-75-42-16-22-73-23-17-42/h10,13,25-26,29-30,36-38,41-42,46,49,51,53,64H,8-9,11-12,14-24,27-28,31-35H2,1-7H3,(H,63,69)/t36-,37-,46-,49?,51-,53-/m0/s1/i2D3. The van der Waals surface area contributed by atoms with E-state index in [1.54, 1.807) is 21.0 Å². The number of aromatic nitrogens is 3. The van der Waals surface area contributed by atoms with Crippen molar-refractivity contribution in [3.8, 4) is 22.5 Å². The van der Waals surface area contributed by atoms with Crippen LogP contribution >= 0.6 is 11.3 Å². The third-order valence-corrected chi connectivity index (χ3v) is 19.2. The van der Waals surface area contributed by atoms with Gasteiger partial charge in [0.15, 0.2) is 0 Å². The number of piperidine rings is 1. The van der Waals surface area contributed by atoms with Crippen molar-refractivity contribution in [2.24, 2.45) is 16.2 Å². The van der Waals surface area contributed by atoms with E-state index in [0.29, 0.717) is 82.9 Å². The zero-order chi connectivity index (χ0) is 56.6. The van der Waals surface area contributed by atoms with Gasteiger partial charge in [0.2, 0.25) is 5.91 Å². The lowest BCUT2D eigenvalue weighted by Crippen LogP contribution is -2.70. The van der Waals surface area contributed by atoms with Gasteiger partial charge in [-0.25, -0.2) is 10.4 Å². The quantitative estimate of drug-likeness (QED) is 0.132. The molecule has 4 aromatic rings. The summed E-state index contributed by atoms with van der Waals surface area (Å²) in [5.41, 5.74) is 9.63. The highest BCUT2D eigenvalue weighted by Gasteiger charge is 2.55. The van der Waals surface area contributed by atoms with Crippen molar-refractivity contribution in [3.63, 3.8) is 0 Å². The molecule has 6 saturated heterocycles. The summed E-state index contributed by atoms with van der Waals surface area (Å²) in [4.78, 5) is 60.2. The van der Waals surface area contributed by atoms with E-state index in [-0.39, 0.29) is 37.2 Å². The van der Waals surface area contributed by atoms with Crippen molar-refractivity contribution in [2.45, 2.75) is 167 Å². The van der Waals surface area contributed by atoms with E-state index in [4.69, 9.17) is 42.5 Å². The minimum atomic E-state index is -2.46. The van der Waals surface area contributed by atoms with Crippen LogP contribution in [-0.4, -0.2) is 163 Å². The number of carbonyl (C=O) groups is 3. The lowest BCUT2D eigenvalue weighted by molar-refractivity contribution is -0.202. The predicted octanol–water partition coefficient (Wildman–Crippen LogP) is 7.75. The van der Waals surface area contributed by atoms with Gasteiger partial charge in [-0.2, -0.15) is 0 Å². The van der Waals surface area contributed by atoms with E-state index in [2.05, 4.69) is 76.3 Å². The molecule has 1 aromatic carbocycles. The first-order chi connectivity index (χ1) is 38.8. The summed E-state index contributed by atoms with van der Waals surface area (Å²) in [5, 5.41) is 8.29. The van der Waals surface area contributed by atoms with Crippen molar-refractivity contribution in [2.75, 3.05) is 79.5 Å². The number of amides is 2. The number of esters is 1. The minimum absolute atomic E-state index is 0.0764. The van der Waals surface area contributed by atoms with E-state index < -0.39 is 65.8 Å². The van der Waals surface area contributed by atoms with Gasteiger partial charge in [0.1, 0.15) is 23.2 Å². The number of thiazole rings is 1. The molecule has 1 unspecified atom stereocenters. The second kappa shape index (κ2) is 21.8. The second-order valence-electron chi connectivity index (χ2n) is 25.4. The molecule has 78 heavy (non-hydrogen) atoms. The molecule has 7 fully saturated rings. The van der Waals surface area contributed by atoms with Crippen molar-refractivity contribution >= 4 is 40.0 Å². The number of hydrogen-bond acceptors (Lipinski definition) is 15. The Morgan fingerprint density at radius 2 is 1.78 bits per heavy atom. The van der Waals surface area contributed by atoms with Crippen molar-refractivity contribution in [3.05, 3.63) is 57.7 Å². The third-order valence-electron chi connectivity index (χ3n) is 18.3. The Kier molecular flexibility index (Phi) is 14.2. The molecule has 17 nitrogen and oxygen atoms in total. The van der Waals surface area contributed by atoms with Crippen LogP contribution in [0.2, 0.25) is 0 Å². The molecule has 10 heterocycles. The molecule has 3 aromatic heterocycles. The van der Waals surface area contributed by atoms with Gasteiger partial charge in [-0.3, -0.25) is 29.3 Å². The number of hydrazine groups is 1. The Balaban J connectivity index is 0.990. The van der Waals surface area contributed by atoms with Gasteiger partial charge in [0.05, 0.1) is 67.9 Å². The molecule has 1 saturated carbocycles. The molecule has 6 atom stereocenters. The van der Waals surface area contributed by atoms with Crippen LogP contribution in [0.4, 0.5) is 0 Å². The summed E-state index contributed by atoms with van der Waals surface area (Å²) < 4.78 is 63.9. The first-order valence-electron chi connectivity index (χ1n) is 30.4. The van der Waals surface area contributed by atoms with Crippen LogP contribution in [0.25, 0.3) is 33.4 Å². The molecule has 1 spiro atoms. The molecule has 7 aliphatic heterocycles. The summed E-state index contributed by atoms with van der Waals surface area (Å²) in [6.45, 7) is 14.9. The Hall–Kier alpha value is -4.37. The number of hydrogen-bond donors (Lipinski definition) is 2. The highest BCUT2D eigenvalue weighted by atomic mass is 32.1. The van der Waals surface area contributed by atoms with E-state index in [0.717, 1.165) is 89.5 Å².